The number of rotatable bonds is 2. The van der Waals surface area contributed by atoms with E-state index in [0.29, 0.717) is 0 Å². The molecule has 0 unspecified atom stereocenters. The van der Waals surface area contributed by atoms with E-state index in [0.717, 1.165) is 22.8 Å². The number of fused-ring (bicyclic) bond motifs is 2. The molecule has 0 aliphatic heterocycles. The number of hydrogen-bond donors (Lipinski definition) is 0. The summed E-state index contributed by atoms with van der Waals surface area (Å²) in [6, 6.07) is 22.6. The van der Waals surface area contributed by atoms with E-state index >= 15 is 0 Å². The first-order chi connectivity index (χ1) is 10.8. The summed E-state index contributed by atoms with van der Waals surface area (Å²) in [6.07, 6.45) is 2.81. The third-order valence-electron chi connectivity index (χ3n) is 3.89. The van der Waals surface area contributed by atoms with Gasteiger partial charge in [-0.1, -0.05) is 60.7 Å². The highest BCUT2D eigenvalue weighted by molar-refractivity contribution is 7.80. The Labute approximate surface area is 134 Å². The fourth-order valence-corrected chi connectivity index (χ4v) is 3.03. The van der Waals surface area contributed by atoms with Gasteiger partial charge in [0.05, 0.1) is 4.86 Å². The van der Waals surface area contributed by atoms with Crippen LogP contribution in [0.1, 0.15) is 11.1 Å². The van der Waals surface area contributed by atoms with Crippen molar-refractivity contribution in [2.45, 2.75) is 6.42 Å². The minimum absolute atomic E-state index is 0.758. The summed E-state index contributed by atoms with van der Waals surface area (Å²) in [5.41, 5.74) is 2.46. The maximum absolute atomic E-state index is 5.96. The molecule has 0 spiro atoms. The van der Waals surface area contributed by atoms with Gasteiger partial charge in [0.2, 0.25) is 0 Å². The maximum atomic E-state index is 5.96. The van der Waals surface area contributed by atoms with E-state index in [2.05, 4.69) is 42.5 Å². The second-order valence-electron chi connectivity index (χ2n) is 5.42. The van der Waals surface area contributed by atoms with Gasteiger partial charge in [-0.3, -0.25) is 0 Å². The molecule has 0 fully saturated rings. The number of benzene rings is 3. The fraction of sp³-hybridized carbons (Fsp3) is 0.0500. The van der Waals surface area contributed by atoms with Crippen molar-refractivity contribution in [2.75, 3.05) is 0 Å². The molecular formula is C20H14OS. The van der Waals surface area contributed by atoms with Gasteiger partial charge in [-0.15, -0.1) is 0 Å². The molecule has 1 aliphatic rings. The lowest BCUT2D eigenvalue weighted by Gasteiger charge is -2.19. The average Bonchev–Trinajstić information content (AvgIpc) is 2.55. The lowest BCUT2D eigenvalue weighted by Crippen LogP contribution is -2.14. The second-order valence-corrected chi connectivity index (χ2v) is 5.91. The number of thiocarbonyl (C=S) groups is 1. The molecule has 0 aromatic heterocycles. The zero-order valence-electron chi connectivity index (χ0n) is 12.0. The van der Waals surface area contributed by atoms with Gasteiger partial charge in [0.1, 0.15) is 11.5 Å². The second kappa shape index (κ2) is 5.39. The van der Waals surface area contributed by atoms with Crippen LogP contribution in [0.15, 0.2) is 72.5 Å². The van der Waals surface area contributed by atoms with Gasteiger partial charge in [0.25, 0.3) is 0 Å². The molecule has 106 valence electrons. The monoisotopic (exact) mass is 302 g/mol. The van der Waals surface area contributed by atoms with Crippen LogP contribution in [0.5, 0.6) is 5.75 Å². The summed E-state index contributed by atoms with van der Waals surface area (Å²) in [5.74, 6) is 1.60. The van der Waals surface area contributed by atoms with E-state index in [9.17, 15) is 0 Å². The molecular weight excluding hydrogens is 288 g/mol. The van der Waals surface area contributed by atoms with Crippen LogP contribution < -0.4 is 4.74 Å². The smallest absolute Gasteiger partial charge is 0.142 e. The van der Waals surface area contributed by atoms with Crippen molar-refractivity contribution in [2.24, 2.45) is 0 Å². The van der Waals surface area contributed by atoms with Gasteiger partial charge < -0.3 is 4.74 Å². The van der Waals surface area contributed by atoms with Gasteiger partial charge in [-0.2, -0.15) is 0 Å². The first-order valence-corrected chi connectivity index (χ1v) is 7.70. The summed E-state index contributed by atoms with van der Waals surface area (Å²) in [6.45, 7) is 0. The van der Waals surface area contributed by atoms with Gasteiger partial charge in [0, 0.05) is 6.42 Å². The first kappa shape index (κ1) is 13.2. The van der Waals surface area contributed by atoms with E-state index in [1.807, 2.05) is 30.3 Å². The lowest BCUT2D eigenvalue weighted by atomic mass is 9.93. The molecule has 1 nitrogen and oxygen atoms in total. The van der Waals surface area contributed by atoms with Crippen LogP contribution >= 0.6 is 12.2 Å². The van der Waals surface area contributed by atoms with Crippen LogP contribution in [0.3, 0.4) is 0 Å². The average molecular weight is 302 g/mol. The summed E-state index contributed by atoms with van der Waals surface area (Å²) < 4.78 is 5.96. The van der Waals surface area contributed by atoms with E-state index < -0.39 is 0 Å². The maximum Gasteiger partial charge on any atom is 0.142 e. The Morgan fingerprint density at radius 1 is 0.818 bits per heavy atom. The van der Waals surface area contributed by atoms with Gasteiger partial charge >= 0.3 is 0 Å². The van der Waals surface area contributed by atoms with Crippen LogP contribution in [0.4, 0.5) is 0 Å². The van der Waals surface area contributed by atoms with E-state index in [-0.39, 0.29) is 0 Å². The standard InChI is InChI=1S/C20H14OS/c22-20-13-17-11-15-7-5-4-6-14(15)10-16(17)12-19(20)21-18-8-2-1-3-9-18/h1-12H,13H2. The zero-order chi connectivity index (χ0) is 14.9. The molecule has 1 aliphatic carbocycles. The zero-order valence-corrected chi connectivity index (χ0v) is 12.8. The van der Waals surface area contributed by atoms with Crippen LogP contribution in [-0.4, -0.2) is 4.86 Å². The van der Waals surface area contributed by atoms with Crippen molar-refractivity contribution in [3.05, 3.63) is 83.6 Å². The van der Waals surface area contributed by atoms with Crippen LogP contribution in [0, 0.1) is 0 Å². The predicted octanol–water partition coefficient (Wildman–Crippen LogP) is 5.19. The molecule has 3 aromatic carbocycles. The summed E-state index contributed by atoms with van der Waals surface area (Å²) >= 11 is 5.53. The number of allylic oxidation sites excluding steroid dienone is 1. The first-order valence-electron chi connectivity index (χ1n) is 7.29. The Hall–Kier alpha value is -2.45. The van der Waals surface area contributed by atoms with Crippen molar-refractivity contribution < 1.29 is 4.74 Å². The highest BCUT2D eigenvalue weighted by Crippen LogP contribution is 2.28. The van der Waals surface area contributed by atoms with Crippen molar-refractivity contribution in [3.8, 4) is 5.75 Å². The molecule has 3 aromatic rings. The normalized spacial score (nSPS) is 13.6. The summed E-state index contributed by atoms with van der Waals surface area (Å²) in [5, 5.41) is 2.49. The Kier molecular flexibility index (Phi) is 3.24. The molecule has 0 radical (unpaired) electrons. The molecule has 0 heterocycles. The van der Waals surface area contributed by atoms with E-state index in [1.165, 1.54) is 21.9 Å². The molecule has 22 heavy (non-hydrogen) atoms. The fourth-order valence-electron chi connectivity index (χ4n) is 2.78. The quantitative estimate of drug-likeness (QED) is 0.603. The third-order valence-corrected chi connectivity index (χ3v) is 4.24. The Balaban J connectivity index is 1.77. The summed E-state index contributed by atoms with van der Waals surface area (Å²) in [7, 11) is 0. The highest BCUT2D eigenvalue weighted by Gasteiger charge is 2.17. The van der Waals surface area contributed by atoms with Crippen LogP contribution in [0.2, 0.25) is 0 Å². The van der Waals surface area contributed by atoms with Gasteiger partial charge in [0.15, 0.2) is 0 Å². The molecule has 0 atom stereocenters. The Bertz CT molecular complexity index is 894. The Morgan fingerprint density at radius 3 is 2.27 bits per heavy atom. The van der Waals surface area contributed by atoms with Gasteiger partial charge in [-0.05, 0) is 46.2 Å². The minimum atomic E-state index is 0.758. The van der Waals surface area contributed by atoms with Crippen molar-refractivity contribution in [1.82, 2.24) is 0 Å². The molecule has 0 amide bonds. The molecule has 4 rings (SSSR count). The van der Waals surface area contributed by atoms with Crippen LogP contribution in [-0.2, 0) is 6.42 Å². The third kappa shape index (κ3) is 2.42. The number of hydrogen-bond acceptors (Lipinski definition) is 2. The SMILES string of the molecule is S=C1Cc2cc3ccccc3cc2C=C1Oc1ccccc1. The molecule has 0 N–H and O–H groups in total. The Morgan fingerprint density at radius 2 is 1.50 bits per heavy atom. The molecule has 0 saturated carbocycles. The minimum Gasteiger partial charge on any atom is -0.456 e. The van der Waals surface area contributed by atoms with Gasteiger partial charge in [-0.25, -0.2) is 0 Å². The molecule has 0 bridgehead atoms. The predicted molar refractivity (Wildman–Crippen MR) is 95.3 cm³/mol. The lowest BCUT2D eigenvalue weighted by molar-refractivity contribution is 0.458. The molecule has 2 heteroatoms. The van der Waals surface area contributed by atoms with Crippen molar-refractivity contribution in [3.63, 3.8) is 0 Å². The largest absolute Gasteiger partial charge is 0.456 e. The topological polar surface area (TPSA) is 9.23 Å². The molecule has 0 saturated heterocycles. The summed E-state index contributed by atoms with van der Waals surface area (Å²) in [4.78, 5) is 0.853. The van der Waals surface area contributed by atoms with E-state index in [4.69, 9.17) is 17.0 Å². The van der Waals surface area contributed by atoms with Crippen LogP contribution in [0.25, 0.3) is 16.8 Å². The van der Waals surface area contributed by atoms with Crippen molar-refractivity contribution in [1.29, 1.82) is 0 Å². The highest BCUT2D eigenvalue weighted by atomic mass is 32.1. The van der Waals surface area contributed by atoms with Crippen molar-refractivity contribution >= 4 is 33.9 Å². The number of ether oxygens (including phenoxy) is 1. The number of para-hydroxylation sites is 1. The van der Waals surface area contributed by atoms with E-state index in [1.54, 1.807) is 0 Å².